The summed E-state index contributed by atoms with van der Waals surface area (Å²) in [4.78, 5) is 46.9. The van der Waals surface area contributed by atoms with E-state index in [1.165, 1.54) is 19.0 Å². The number of likely N-dealkylation sites (N-methyl/N-ethyl adjacent to an activating group) is 1. The van der Waals surface area contributed by atoms with E-state index < -0.39 is 12.1 Å². The summed E-state index contributed by atoms with van der Waals surface area (Å²) >= 11 is 1.55. The first-order valence-electron chi connectivity index (χ1n) is 15.3. The van der Waals surface area contributed by atoms with E-state index in [2.05, 4.69) is 61.0 Å². The first kappa shape index (κ1) is 33.0. The molecule has 250 valence electrons. The molecule has 0 saturated carbocycles. The molecule has 13 nitrogen and oxygen atoms in total. The number of benzene rings is 2. The third kappa shape index (κ3) is 6.88. The molecule has 6 rings (SSSR count). The Kier molecular flexibility index (Phi) is 9.19. The first-order valence-corrected chi connectivity index (χ1v) is 16.1. The summed E-state index contributed by atoms with van der Waals surface area (Å²) in [6.07, 6.45) is 2.60. The van der Waals surface area contributed by atoms with Gasteiger partial charge in [0.2, 0.25) is 11.8 Å². The number of anilines is 2. The van der Waals surface area contributed by atoms with Crippen LogP contribution in [-0.4, -0.2) is 59.3 Å². The summed E-state index contributed by atoms with van der Waals surface area (Å²) in [7, 11) is 3.23. The van der Waals surface area contributed by atoms with Crippen molar-refractivity contribution in [3.05, 3.63) is 99.1 Å². The van der Waals surface area contributed by atoms with Crippen LogP contribution in [0.15, 0.2) is 60.6 Å². The van der Waals surface area contributed by atoms with Gasteiger partial charge in [-0.3, -0.25) is 4.79 Å². The normalized spacial score (nSPS) is 12.9. The van der Waals surface area contributed by atoms with E-state index >= 15 is 0 Å². The zero-order chi connectivity index (χ0) is 34.7. The summed E-state index contributed by atoms with van der Waals surface area (Å²) < 4.78 is 16.0. The van der Waals surface area contributed by atoms with Crippen molar-refractivity contribution in [3.8, 4) is 16.3 Å². The Morgan fingerprint density at radius 1 is 1.12 bits per heavy atom. The monoisotopic (exact) mass is 678 g/mol. The van der Waals surface area contributed by atoms with Gasteiger partial charge in [-0.25, -0.2) is 14.6 Å². The number of fused-ring (bicyclic) bond motifs is 4. The third-order valence-corrected chi connectivity index (χ3v) is 9.46. The highest BCUT2D eigenvalue weighted by Gasteiger charge is 2.37. The Morgan fingerprint density at radius 3 is 2.65 bits per heavy atom. The molecule has 0 spiro atoms. The van der Waals surface area contributed by atoms with Gasteiger partial charge in [0.1, 0.15) is 18.7 Å². The van der Waals surface area contributed by atoms with Crippen LogP contribution in [0.3, 0.4) is 0 Å². The summed E-state index contributed by atoms with van der Waals surface area (Å²) in [5.74, 6) is -0.231. The zero-order valence-electron chi connectivity index (χ0n) is 27.4. The number of hydrogen-bond acceptors (Lipinski definition) is 11. The van der Waals surface area contributed by atoms with Gasteiger partial charge in [-0.15, -0.1) is 11.3 Å². The van der Waals surface area contributed by atoms with E-state index in [1.54, 1.807) is 17.4 Å². The second-order valence-corrected chi connectivity index (χ2v) is 13.0. The predicted molar refractivity (Wildman–Crippen MR) is 187 cm³/mol. The maximum atomic E-state index is 12.4. The van der Waals surface area contributed by atoms with Crippen LogP contribution in [0.5, 0.6) is 5.88 Å². The molecule has 3 aromatic heterocycles. The summed E-state index contributed by atoms with van der Waals surface area (Å²) in [6, 6.07) is 16.0. The fraction of sp³-hybridized carbons (Fsp3) is 0.257. The zero-order valence-corrected chi connectivity index (χ0v) is 28.2. The van der Waals surface area contributed by atoms with Gasteiger partial charge in [0.25, 0.3) is 5.70 Å². The number of nitrogen functional groups attached to an aromatic ring is 1. The van der Waals surface area contributed by atoms with E-state index in [9.17, 15) is 9.59 Å². The van der Waals surface area contributed by atoms with Gasteiger partial charge in [0.05, 0.1) is 26.6 Å². The number of nitrogens with zero attached hydrogens (tertiary/aromatic N) is 5. The minimum absolute atomic E-state index is 0.0480. The Bertz CT molecular complexity index is 2110. The molecule has 2 aromatic carbocycles. The van der Waals surface area contributed by atoms with Gasteiger partial charge in [-0.1, -0.05) is 44.2 Å². The lowest BCUT2D eigenvalue weighted by molar-refractivity contribution is -0.135. The Balaban J connectivity index is 0.983. The highest BCUT2D eigenvalue weighted by molar-refractivity contribution is 7.16. The number of methoxy groups -OCH3 is 1. The van der Waals surface area contributed by atoms with Gasteiger partial charge >= 0.3 is 12.1 Å². The van der Waals surface area contributed by atoms with Crippen LogP contribution in [0.1, 0.15) is 41.0 Å². The number of ether oxygens (including phenoxy) is 3. The maximum Gasteiger partial charge on any atom is 0.407 e. The van der Waals surface area contributed by atoms with Crippen LogP contribution in [0.2, 0.25) is 0 Å². The minimum atomic E-state index is -0.644. The van der Waals surface area contributed by atoms with E-state index in [-0.39, 0.29) is 30.3 Å². The number of carbonyl (C=O) groups excluding carboxylic acids is 2. The lowest BCUT2D eigenvalue weighted by Gasteiger charge is -2.24. The van der Waals surface area contributed by atoms with Crippen LogP contribution in [0.25, 0.3) is 32.5 Å². The molecular weight excluding hydrogens is 645 g/mol. The second-order valence-electron chi connectivity index (χ2n) is 11.9. The molecule has 0 bridgehead atoms. The molecule has 5 aromatic rings. The Labute approximate surface area is 286 Å². The number of nitrogens with two attached hydrogens (primary N) is 1. The molecular formula is C35H34N8O5S. The molecule has 14 heteroatoms. The number of H-pyrrole nitrogens is 1. The number of aromatic amines is 1. The number of imidazole rings is 1. The van der Waals surface area contributed by atoms with Crippen molar-refractivity contribution in [1.82, 2.24) is 25.3 Å². The lowest BCUT2D eigenvalue weighted by Crippen LogP contribution is -2.29. The van der Waals surface area contributed by atoms with Gasteiger partial charge in [0.15, 0.2) is 5.65 Å². The number of esters is 1. The van der Waals surface area contributed by atoms with Crippen LogP contribution in [0, 0.1) is 6.57 Å². The fourth-order valence-electron chi connectivity index (χ4n) is 5.61. The molecule has 1 amide bonds. The molecule has 0 fully saturated rings. The average molecular weight is 679 g/mol. The van der Waals surface area contributed by atoms with Crippen molar-refractivity contribution in [2.45, 2.75) is 32.4 Å². The molecule has 0 saturated heterocycles. The van der Waals surface area contributed by atoms with Crippen molar-refractivity contribution in [2.75, 3.05) is 37.9 Å². The van der Waals surface area contributed by atoms with Gasteiger partial charge in [-0.2, -0.15) is 9.97 Å². The number of hydrogen-bond donors (Lipinski definition) is 3. The quantitative estimate of drug-likeness (QED) is 0.0901. The third-order valence-electron chi connectivity index (χ3n) is 8.35. The number of rotatable bonds is 11. The summed E-state index contributed by atoms with van der Waals surface area (Å²) in [6.45, 7) is 13.0. The standard InChI is InChI=1S/C35H34N8O5S/c1-35(2)25-14-22(10-11-24(25)29-26(35)15-23(49-29)16-27(37-3)32(44)46-5)43(4)12-13-47-34(45)38-17-20-6-8-21(9-7-20)18-48-31-28-30(40-19-39-28)41-33(36)42-31/h6-11,14-16,19H,12-13,17-18H2,1-2,4-5H3,(H,38,45)(H3,36,39,40,41,42)/b27-16-. The fourth-order valence-corrected chi connectivity index (χ4v) is 6.91. The number of aromatic nitrogens is 4. The van der Waals surface area contributed by atoms with E-state index in [0.717, 1.165) is 37.7 Å². The van der Waals surface area contributed by atoms with Crippen molar-refractivity contribution >= 4 is 52.3 Å². The molecule has 1 aliphatic carbocycles. The number of carbonyl (C=O) groups is 2. The topological polar surface area (TPSA) is 162 Å². The molecule has 4 N–H and O–H groups in total. The molecule has 0 aliphatic heterocycles. The minimum Gasteiger partial charge on any atom is -0.474 e. The molecule has 3 heterocycles. The molecule has 0 atom stereocenters. The van der Waals surface area contributed by atoms with Crippen molar-refractivity contribution < 1.29 is 23.8 Å². The molecule has 0 radical (unpaired) electrons. The van der Waals surface area contributed by atoms with E-state index in [4.69, 9.17) is 26.5 Å². The summed E-state index contributed by atoms with van der Waals surface area (Å²) in [5.41, 5.74) is 12.8. The smallest absolute Gasteiger partial charge is 0.407 e. The maximum absolute atomic E-state index is 12.4. The highest BCUT2D eigenvalue weighted by Crippen LogP contribution is 2.53. The van der Waals surface area contributed by atoms with Crippen LogP contribution in [-0.2, 0) is 32.8 Å². The van der Waals surface area contributed by atoms with Crippen molar-refractivity contribution in [2.24, 2.45) is 0 Å². The van der Waals surface area contributed by atoms with Crippen molar-refractivity contribution in [1.29, 1.82) is 0 Å². The average Bonchev–Trinajstić information content (AvgIpc) is 3.80. The highest BCUT2D eigenvalue weighted by atomic mass is 32.1. The van der Waals surface area contributed by atoms with Gasteiger partial charge < -0.3 is 35.1 Å². The van der Waals surface area contributed by atoms with Crippen LogP contribution >= 0.6 is 11.3 Å². The van der Waals surface area contributed by atoms with E-state index in [1.807, 2.05) is 43.4 Å². The largest absolute Gasteiger partial charge is 0.474 e. The number of thiophene rings is 1. The molecule has 0 unspecified atom stereocenters. The SMILES string of the molecule is [C-]#[N+]/C(=C\c1cc2c(s1)-c1ccc(N(C)CCOC(=O)NCc3ccc(COc4nc(N)nc5nc[nH]c45)cc3)cc1C2(C)C)C(=O)OC. The summed E-state index contributed by atoms with van der Waals surface area (Å²) in [5, 5.41) is 2.80. The molecule has 49 heavy (non-hydrogen) atoms. The van der Waals surface area contributed by atoms with Gasteiger partial charge in [0, 0.05) is 34.4 Å². The molecule has 1 aliphatic rings. The Hall–Kier alpha value is -5.94. The van der Waals surface area contributed by atoms with Crippen LogP contribution < -0.4 is 20.7 Å². The van der Waals surface area contributed by atoms with E-state index in [0.29, 0.717) is 30.1 Å². The number of alkyl carbamates (subject to hydrolysis) is 1. The lowest BCUT2D eigenvalue weighted by atomic mass is 9.82. The van der Waals surface area contributed by atoms with Gasteiger partial charge in [-0.05, 0) is 52.1 Å². The number of amides is 1. The second kappa shape index (κ2) is 13.7. The Morgan fingerprint density at radius 2 is 1.90 bits per heavy atom. The first-order chi connectivity index (χ1) is 23.6. The van der Waals surface area contributed by atoms with Crippen molar-refractivity contribution in [3.63, 3.8) is 0 Å². The van der Waals surface area contributed by atoms with Crippen LogP contribution in [0.4, 0.5) is 16.4 Å². The predicted octanol–water partition coefficient (Wildman–Crippen LogP) is 5.68. The number of nitrogens with one attached hydrogen (secondary N) is 2.